The van der Waals surface area contributed by atoms with Gasteiger partial charge >= 0.3 is 0 Å². The van der Waals surface area contributed by atoms with Gasteiger partial charge in [-0.3, -0.25) is 14.5 Å². The Hall–Kier alpha value is -1.14. The molecule has 0 unspecified atom stereocenters. The van der Waals surface area contributed by atoms with E-state index in [1.54, 1.807) is 0 Å². The number of unbranched alkanes of at least 4 members (excludes halogenated alkanes) is 28. The molecule has 0 bridgehead atoms. The summed E-state index contributed by atoms with van der Waals surface area (Å²) in [5.74, 6) is 0.260. The van der Waals surface area contributed by atoms with Gasteiger partial charge in [-0.1, -0.05) is 194 Å². The lowest BCUT2D eigenvalue weighted by Gasteiger charge is -2.21. The van der Waals surface area contributed by atoms with Gasteiger partial charge in [0.1, 0.15) is 0 Å². The largest absolute Gasteiger partial charge is 0.395 e. The number of rotatable bonds is 40. The summed E-state index contributed by atoms with van der Waals surface area (Å²) in [7, 11) is 0. The van der Waals surface area contributed by atoms with Crippen molar-refractivity contribution in [2.24, 2.45) is 0 Å². The summed E-state index contributed by atoms with van der Waals surface area (Å²) in [6.07, 6.45) is 41.1. The van der Waals surface area contributed by atoms with Crippen LogP contribution in [0.2, 0.25) is 0 Å². The summed E-state index contributed by atoms with van der Waals surface area (Å²) >= 11 is 0. The first kappa shape index (κ1) is 46.9. The molecule has 0 rings (SSSR count). The number of nitrogens with one attached hydrogen (secondary N) is 2. The maximum absolute atomic E-state index is 12.3. The molecule has 3 N–H and O–H groups in total. The van der Waals surface area contributed by atoms with Gasteiger partial charge in [0.05, 0.1) is 6.61 Å². The highest BCUT2D eigenvalue weighted by molar-refractivity contribution is 5.76. The molecule has 0 saturated heterocycles. The average molecular weight is 680 g/mol. The summed E-state index contributed by atoms with van der Waals surface area (Å²) in [4.78, 5) is 26.6. The molecule has 0 aromatic carbocycles. The van der Waals surface area contributed by atoms with Gasteiger partial charge in [-0.15, -0.1) is 0 Å². The van der Waals surface area contributed by atoms with E-state index in [0.29, 0.717) is 45.6 Å². The van der Waals surface area contributed by atoms with Crippen LogP contribution in [0.15, 0.2) is 0 Å². The van der Waals surface area contributed by atoms with Crippen molar-refractivity contribution in [3.8, 4) is 0 Å². The fraction of sp³-hybridized carbons (Fsp3) is 0.952. The summed E-state index contributed by atoms with van der Waals surface area (Å²) in [6, 6.07) is 0. The highest BCUT2D eigenvalue weighted by Gasteiger charge is 2.08. The predicted octanol–water partition coefficient (Wildman–Crippen LogP) is 11.0. The molecular weight excluding hydrogens is 594 g/mol. The molecule has 0 aromatic rings. The number of hydrogen-bond donors (Lipinski definition) is 3. The summed E-state index contributed by atoms with van der Waals surface area (Å²) < 4.78 is 0. The SMILES string of the molecule is CCCCCCCCCCCCCCCCCC(=O)NCCN(CCO)CCNC(=O)CCCCCCCCCCCCCCCCC. The summed E-state index contributed by atoms with van der Waals surface area (Å²) in [5, 5.41) is 15.5. The minimum Gasteiger partial charge on any atom is -0.395 e. The Kier molecular flexibility index (Phi) is 39.3. The van der Waals surface area contributed by atoms with Crippen molar-refractivity contribution in [3.05, 3.63) is 0 Å². The first-order valence-corrected chi connectivity index (χ1v) is 21.5. The van der Waals surface area contributed by atoms with E-state index in [1.165, 1.54) is 167 Å². The normalized spacial score (nSPS) is 11.4. The number of carbonyl (C=O) groups excluding carboxylic acids is 2. The first-order valence-electron chi connectivity index (χ1n) is 21.5. The van der Waals surface area contributed by atoms with Crippen molar-refractivity contribution in [2.45, 2.75) is 219 Å². The zero-order valence-electron chi connectivity index (χ0n) is 32.6. The lowest BCUT2D eigenvalue weighted by atomic mass is 10.0. The molecule has 48 heavy (non-hydrogen) atoms. The Morgan fingerprint density at radius 1 is 0.396 bits per heavy atom. The number of amides is 2. The smallest absolute Gasteiger partial charge is 0.220 e. The van der Waals surface area contributed by atoms with Crippen molar-refractivity contribution in [3.63, 3.8) is 0 Å². The second kappa shape index (κ2) is 40.3. The molecule has 6 nitrogen and oxygen atoms in total. The second-order valence-corrected chi connectivity index (χ2v) is 14.7. The van der Waals surface area contributed by atoms with E-state index in [9.17, 15) is 14.7 Å². The third-order valence-electron chi connectivity index (χ3n) is 9.93. The lowest BCUT2D eigenvalue weighted by Crippen LogP contribution is -2.40. The summed E-state index contributed by atoms with van der Waals surface area (Å²) in [6.45, 7) is 7.77. The van der Waals surface area contributed by atoms with E-state index in [-0.39, 0.29) is 18.4 Å². The Morgan fingerprint density at radius 2 is 0.646 bits per heavy atom. The van der Waals surface area contributed by atoms with Crippen LogP contribution in [0.5, 0.6) is 0 Å². The Labute approximate surface area is 300 Å². The van der Waals surface area contributed by atoms with Crippen molar-refractivity contribution in [2.75, 3.05) is 39.3 Å². The fourth-order valence-corrected chi connectivity index (χ4v) is 6.67. The fourth-order valence-electron chi connectivity index (χ4n) is 6.67. The van der Waals surface area contributed by atoms with Gasteiger partial charge in [-0.05, 0) is 12.8 Å². The number of hydrogen-bond acceptors (Lipinski definition) is 4. The van der Waals surface area contributed by atoms with Crippen LogP contribution in [0.3, 0.4) is 0 Å². The van der Waals surface area contributed by atoms with E-state index in [4.69, 9.17) is 0 Å². The number of aliphatic hydroxyl groups excluding tert-OH is 1. The Morgan fingerprint density at radius 3 is 0.896 bits per heavy atom. The third-order valence-corrected chi connectivity index (χ3v) is 9.93. The molecule has 286 valence electrons. The molecule has 2 amide bonds. The van der Waals surface area contributed by atoms with Crippen LogP contribution in [-0.2, 0) is 9.59 Å². The van der Waals surface area contributed by atoms with Crippen molar-refractivity contribution >= 4 is 11.8 Å². The molecule has 0 spiro atoms. The van der Waals surface area contributed by atoms with Gasteiger partial charge < -0.3 is 15.7 Å². The molecule has 0 heterocycles. The molecule has 0 saturated carbocycles. The molecule has 6 heteroatoms. The van der Waals surface area contributed by atoms with Crippen LogP contribution in [0.4, 0.5) is 0 Å². The molecule has 0 radical (unpaired) electrons. The molecule has 0 aliphatic heterocycles. The molecule has 0 fully saturated rings. The zero-order chi connectivity index (χ0) is 35.0. The van der Waals surface area contributed by atoms with Gasteiger partial charge in [-0.2, -0.15) is 0 Å². The van der Waals surface area contributed by atoms with Crippen molar-refractivity contribution in [1.29, 1.82) is 0 Å². The van der Waals surface area contributed by atoms with Crippen molar-refractivity contribution < 1.29 is 14.7 Å². The van der Waals surface area contributed by atoms with Crippen LogP contribution >= 0.6 is 0 Å². The second-order valence-electron chi connectivity index (χ2n) is 14.7. The lowest BCUT2D eigenvalue weighted by molar-refractivity contribution is -0.121. The topological polar surface area (TPSA) is 81.7 Å². The van der Waals surface area contributed by atoms with Crippen LogP contribution < -0.4 is 10.6 Å². The van der Waals surface area contributed by atoms with Gasteiger partial charge in [0.15, 0.2) is 0 Å². The number of carbonyl (C=O) groups is 2. The Balaban J connectivity index is 3.56. The van der Waals surface area contributed by atoms with Crippen LogP contribution in [0.1, 0.15) is 219 Å². The summed E-state index contributed by atoms with van der Waals surface area (Å²) in [5.41, 5.74) is 0. The first-order chi connectivity index (χ1) is 23.6. The van der Waals surface area contributed by atoms with E-state index in [1.807, 2.05) is 0 Å². The predicted molar refractivity (Wildman–Crippen MR) is 209 cm³/mol. The highest BCUT2D eigenvalue weighted by Crippen LogP contribution is 2.15. The third kappa shape index (κ3) is 37.7. The van der Waals surface area contributed by atoms with E-state index < -0.39 is 0 Å². The Bertz CT molecular complexity index is 608. The number of aliphatic hydroxyl groups is 1. The molecule has 0 atom stereocenters. The molecule has 0 aliphatic carbocycles. The van der Waals surface area contributed by atoms with Crippen LogP contribution in [-0.4, -0.2) is 61.2 Å². The molecule has 0 aromatic heterocycles. The van der Waals surface area contributed by atoms with E-state index in [2.05, 4.69) is 29.4 Å². The van der Waals surface area contributed by atoms with Gasteiger partial charge in [0, 0.05) is 45.6 Å². The molecular formula is C42H85N3O3. The highest BCUT2D eigenvalue weighted by atomic mass is 16.3. The van der Waals surface area contributed by atoms with Gasteiger partial charge in [0.2, 0.25) is 11.8 Å². The minimum absolute atomic E-state index is 0.0835. The minimum atomic E-state index is 0.0835. The van der Waals surface area contributed by atoms with Crippen LogP contribution in [0.25, 0.3) is 0 Å². The van der Waals surface area contributed by atoms with Gasteiger partial charge in [0.25, 0.3) is 0 Å². The maximum Gasteiger partial charge on any atom is 0.220 e. The van der Waals surface area contributed by atoms with E-state index in [0.717, 1.165) is 25.7 Å². The van der Waals surface area contributed by atoms with Crippen LogP contribution in [0, 0.1) is 0 Å². The quantitative estimate of drug-likeness (QED) is 0.0563. The van der Waals surface area contributed by atoms with Gasteiger partial charge in [-0.25, -0.2) is 0 Å². The monoisotopic (exact) mass is 680 g/mol. The standard InChI is InChI=1S/C42H85N3O3/c1-3-5-7-9-11-13-15-17-19-21-23-25-27-29-31-33-41(47)43-35-37-45(39-40-46)38-36-44-42(48)34-32-30-28-26-24-22-20-18-16-14-12-10-8-6-4-2/h46H,3-40H2,1-2H3,(H,43,47)(H,44,48). The zero-order valence-corrected chi connectivity index (χ0v) is 32.6. The number of nitrogens with zero attached hydrogens (tertiary/aromatic N) is 1. The average Bonchev–Trinajstić information content (AvgIpc) is 3.08. The molecule has 0 aliphatic rings. The van der Waals surface area contributed by atoms with Crippen molar-refractivity contribution in [1.82, 2.24) is 15.5 Å². The van der Waals surface area contributed by atoms with E-state index >= 15 is 0 Å². The maximum atomic E-state index is 12.3.